The zero-order chi connectivity index (χ0) is 14.2. The van der Waals surface area contributed by atoms with Crippen LogP contribution < -0.4 is 10.6 Å². The van der Waals surface area contributed by atoms with E-state index in [1.54, 1.807) is 0 Å². The Bertz CT molecular complexity index is 553. The molecule has 0 aliphatic rings. The van der Waals surface area contributed by atoms with Crippen molar-refractivity contribution in [1.82, 2.24) is 25.3 Å². The fourth-order valence-electron chi connectivity index (χ4n) is 2.00. The van der Waals surface area contributed by atoms with Crippen molar-refractivity contribution in [3.63, 3.8) is 0 Å². The van der Waals surface area contributed by atoms with Gasteiger partial charge in [0.15, 0.2) is 11.5 Å². The fraction of sp³-hybridized carbons (Fsp3) is 0.538. The van der Waals surface area contributed by atoms with Gasteiger partial charge in [-0.25, -0.2) is 15.0 Å². The van der Waals surface area contributed by atoms with Gasteiger partial charge in [-0.1, -0.05) is 12.8 Å². The van der Waals surface area contributed by atoms with Gasteiger partial charge in [0.1, 0.15) is 11.8 Å². The van der Waals surface area contributed by atoms with Crippen LogP contribution in [0.25, 0.3) is 11.2 Å². The molecule has 0 atom stereocenters. The molecule has 0 bridgehead atoms. The second-order valence-electron chi connectivity index (χ2n) is 4.64. The summed E-state index contributed by atoms with van der Waals surface area (Å²) in [6, 6.07) is 0. The topological polar surface area (TPSA) is 95.6 Å². The van der Waals surface area contributed by atoms with Gasteiger partial charge in [0.25, 0.3) is 0 Å². The Kier molecular flexibility index (Phi) is 5.43. The molecule has 0 saturated heterocycles. The molecular formula is C13H20N6O. The van der Waals surface area contributed by atoms with Crippen molar-refractivity contribution in [2.45, 2.75) is 32.1 Å². The van der Waals surface area contributed by atoms with E-state index in [9.17, 15) is 4.79 Å². The Labute approximate surface area is 117 Å². The van der Waals surface area contributed by atoms with E-state index in [4.69, 9.17) is 0 Å². The van der Waals surface area contributed by atoms with Crippen molar-refractivity contribution in [2.75, 3.05) is 18.9 Å². The summed E-state index contributed by atoms with van der Waals surface area (Å²) in [5.41, 5.74) is 1.22. The quantitative estimate of drug-likeness (QED) is 0.634. The van der Waals surface area contributed by atoms with Gasteiger partial charge in [-0.15, -0.1) is 0 Å². The second-order valence-corrected chi connectivity index (χ2v) is 4.64. The van der Waals surface area contributed by atoms with E-state index in [1.165, 1.54) is 12.7 Å². The average molecular weight is 276 g/mol. The summed E-state index contributed by atoms with van der Waals surface area (Å²) in [5, 5.41) is 5.91. The third-order valence-corrected chi connectivity index (χ3v) is 3.06. The van der Waals surface area contributed by atoms with Gasteiger partial charge in [-0.2, -0.15) is 0 Å². The standard InChI is InChI=1S/C13H20N6O/c1-14-7-5-3-2-4-6-10(20)19-13-11-12(16-8-15-11)17-9-18-13/h8-9,14H,2-7H2,1H3,(H2,15,16,17,18,19,20). The third-order valence-electron chi connectivity index (χ3n) is 3.06. The molecule has 0 spiro atoms. The molecule has 0 radical (unpaired) electrons. The number of hydrogen-bond donors (Lipinski definition) is 3. The van der Waals surface area contributed by atoms with E-state index in [0.717, 1.165) is 32.2 Å². The van der Waals surface area contributed by atoms with Crippen molar-refractivity contribution in [1.29, 1.82) is 0 Å². The van der Waals surface area contributed by atoms with Crippen molar-refractivity contribution in [2.24, 2.45) is 0 Å². The molecular weight excluding hydrogens is 256 g/mol. The molecule has 20 heavy (non-hydrogen) atoms. The predicted molar refractivity (Wildman–Crippen MR) is 77.3 cm³/mol. The summed E-state index contributed by atoms with van der Waals surface area (Å²) in [4.78, 5) is 26.9. The molecule has 2 heterocycles. The third kappa shape index (κ3) is 3.99. The average Bonchev–Trinajstić information content (AvgIpc) is 2.92. The molecule has 1 amide bonds. The van der Waals surface area contributed by atoms with Crippen LogP contribution in [-0.2, 0) is 4.79 Å². The first-order chi connectivity index (χ1) is 9.81. The van der Waals surface area contributed by atoms with E-state index < -0.39 is 0 Å². The number of aromatic amines is 1. The minimum Gasteiger partial charge on any atom is -0.340 e. The molecule has 0 aliphatic carbocycles. The molecule has 0 saturated carbocycles. The molecule has 2 rings (SSSR count). The van der Waals surface area contributed by atoms with E-state index in [0.29, 0.717) is 23.4 Å². The highest BCUT2D eigenvalue weighted by Crippen LogP contribution is 2.15. The maximum atomic E-state index is 11.8. The molecule has 7 nitrogen and oxygen atoms in total. The number of hydrogen-bond acceptors (Lipinski definition) is 5. The Balaban J connectivity index is 1.76. The number of nitrogens with zero attached hydrogens (tertiary/aromatic N) is 3. The largest absolute Gasteiger partial charge is 0.340 e. The number of anilines is 1. The van der Waals surface area contributed by atoms with Crippen LogP contribution in [0.3, 0.4) is 0 Å². The van der Waals surface area contributed by atoms with Crippen LogP contribution in [0.15, 0.2) is 12.7 Å². The Morgan fingerprint density at radius 1 is 1.20 bits per heavy atom. The first-order valence-electron chi connectivity index (χ1n) is 6.90. The molecule has 3 N–H and O–H groups in total. The maximum Gasteiger partial charge on any atom is 0.225 e. The lowest BCUT2D eigenvalue weighted by atomic mass is 10.1. The number of nitrogens with one attached hydrogen (secondary N) is 3. The first kappa shape index (κ1) is 14.4. The lowest BCUT2D eigenvalue weighted by molar-refractivity contribution is -0.116. The second kappa shape index (κ2) is 7.54. The maximum absolute atomic E-state index is 11.8. The lowest BCUT2D eigenvalue weighted by Crippen LogP contribution is -2.13. The van der Waals surface area contributed by atoms with E-state index in [-0.39, 0.29) is 5.91 Å². The van der Waals surface area contributed by atoms with Crippen LogP contribution in [0.1, 0.15) is 32.1 Å². The van der Waals surface area contributed by atoms with Crippen molar-refractivity contribution >= 4 is 22.9 Å². The minimum absolute atomic E-state index is 0.0202. The molecule has 108 valence electrons. The van der Waals surface area contributed by atoms with Gasteiger partial charge in [-0.3, -0.25) is 4.79 Å². The summed E-state index contributed by atoms with van der Waals surface area (Å²) < 4.78 is 0. The summed E-state index contributed by atoms with van der Waals surface area (Å²) in [5.74, 6) is 0.473. The zero-order valence-electron chi connectivity index (χ0n) is 11.6. The number of carbonyl (C=O) groups excluding carboxylic acids is 1. The molecule has 0 fully saturated rings. The number of aromatic nitrogens is 4. The summed E-state index contributed by atoms with van der Waals surface area (Å²) in [6.07, 6.45) is 7.71. The molecule has 2 aromatic heterocycles. The highest BCUT2D eigenvalue weighted by atomic mass is 16.1. The van der Waals surface area contributed by atoms with Crippen LogP contribution in [-0.4, -0.2) is 39.4 Å². The summed E-state index contributed by atoms with van der Waals surface area (Å²) in [7, 11) is 1.95. The van der Waals surface area contributed by atoms with Gasteiger partial charge in [0.05, 0.1) is 6.33 Å². The van der Waals surface area contributed by atoms with Gasteiger partial charge in [-0.05, 0) is 26.4 Å². The monoisotopic (exact) mass is 276 g/mol. The normalized spacial score (nSPS) is 10.8. The van der Waals surface area contributed by atoms with Gasteiger partial charge >= 0.3 is 0 Å². The van der Waals surface area contributed by atoms with Crippen LogP contribution in [0.5, 0.6) is 0 Å². The molecule has 0 aliphatic heterocycles. The predicted octanol–water partition coefficient (Wildman–Crippen LogP) is 1.46. The number of imidazole rings is 1. The summed E-state index contributed by atoms with van der Waals surface area (Å²) in [6.45, 7) is 1.03. The smallest absolute Gasteiger partial charge is 0.225 e. The van der Waals surface area contributed by atoms with Gasteiger partial charge in [0, 0.05) is 6.42 Å². The van der Waals surface area contributed by atoms with Gasteiger partial charge < -0.3 is 15.6 Å². The van der Waals surface area contributed by atoms with Crippen LogP contribution >= 0.6 is 0 Å². The SMILES string of the molecule is CNCCCCCCC(=O)Nc1ncnc2nc[nH]c12. The number of amides is 1. The number of rotatable bonds is 8. The highest BCUT2D eigenvalue weighted by Gasteiger charge is 2.08. The van der Waals surface area contributed by atoms with Gasteiger partial charge in [0.2, 0.25) is 5.91 Å². The van der Waals surface area contributed by atoms with Crippen LogP contribution in [0.4, 0.5) is 5.82 Å². The van der Waals surface area contributed by atoms with E-state index in [2.05, 4.69) is 30.6 Å². The van der Waals surface area contributed by atoms with Crippen LogP contribution in [0, 0.1) is 0 Å². The van der Waals surface area contributed by atoms with Crippen LogP contribution in [0.2, 0.25) is 0 Å². The highest BCUT2D eigenvalue weighted by molar-refractivity contribution is 5.96. The van der Waals surface area contributed by atoms with Crippen molar-refractivity contribution < 1.29 is 4.79 Å². The lowest BCUT2D eigenvalue weighted by Gasteiger charge is -2.05. The Morgan fingerprint density at radius 2 is 2.05 bits per heavy atom. The Hall–Kier alpha value is -2.02. The Morgan fingerprint density at radius 3 is 2.90 bits per heavy atom. The van der Waals surface area contributed by atoms with E-state index in [1.807, 2.05) is 7.05 Å². The fourth-order valence-corrected chi connectivity index (χ4v) is 2.00. The molecule has 7 heteroatoms. The van der Waals surface area contributed by atoms with Crippen molar-refractivity contribution in [3.05, 3.63) is 12.7 Å². The summed E-state index contributed by atoms with van der Waals surface area (Å²) >= 11 is 0. The minimum atomic E-state index is -0.0202. The molecule has 2 aromatic rings. The molecule has 0 unspecified atom stereocenters. The van der Waals surface area contributed by atoms with E-state index >= 15 is 0 Å². The number of H-pyrrole nitrogens is 1. The first-order valence-corrected chi connectivity index (χ1v) is 6.90. The number of carbonyl (C=O) groups is 1. The number of unbranched alkanes of at least 4 members (excludes halogenated alkanes) is 3. The number of fused-ring (bicyclic) bond motifs is 1. The van der Waals surface area contributed by atoms with Crippen molar-refractivity contribution in [3.8, 4) is 0 Å². The molecule has 0 aromatic carbocycles. The zero-order valence-corrected chi connectivity index (χ0v) is 11.6.